The van der Waals surface area contributed by atoms with Crippen LogP contribution in [0.4, 0.5) is 0 Å². The highest BCUT2D eigenvalue weighted by Gasteiger charge is 2.33. The van der Waals surface area contributed by atoms with Crippen molar-refractivity contribution in [3.63, 3.8) is 0 Å². The summed E-state index contributed by atoms with van der Waals surface area (Å²) in [5, 5.41) is 30.8. The van der Waals surface area contributed by atoms with Crippen LogP contribution in [0.25, 0.3) is 0 Å². The minimum Gasteiger partial charge on any atom is -0.389 e. The Bertz CT molecular complexity index is 141. The van der Waals surface area contributed by atoms with E-state index in [0.717, 1.165) is 0 Å². The summed E-state index contributed by atoms with van der Waals surface area (Å²) in [5.41, 5.74) is 0. The lowest BCUT2D eigenvalue weighted by Crippen LogP contribution is -2.44. The molecule has 0 amide bonds. The molecule has 0 bridgehead atoms. The molecule has 0 aromatic carbocycles. The molecule has 5 heteroatoms. The fourth-order valence-corrected chi connectivity index (χ4v) is 1.29. The lowest BCUT2D eigenvalue weighted by Gasteiger charge is -2.23. The van der Waals surface area contributed by atoms with Crippen molar-refractivity contribution in [2.75, 3.05) is 20.2 Å². The molecule has 4 N–H and O–H groups in total. The summed E-state index contributed by atoms with van der Waals surface area (Å²) in [4.78, 5) is 0. The summed E-state index contributed by atoms with van der Waals surface area (Å²) in [5.74, 6) is 0. The molecule has 5 nitrogen and oxygen atoms in total. The van der Waals surface area contributed by atoms with Gasteiger partial charge < -0.3 is 25.4 Å². The number of ether oxygens (including phenoxy) is 1. The first-order valence-electron chi connectivity index (χ1n) is 3.94. The summed E-state index contributed by atoms with van der Waals surface area (Å²) in [6, 6.07) is 0. The Balaban J connectivity index is 2.59. The van der Waals surface area contributed by atoms with Gasteiger partial charge in [-0.1, -0.05) is 0 Å². The van der Waals surface area contributed by atoms with Crippen molar-refractivity contribution in [3.8, 4) is 0 Å². The Kier molecular flexibility index (Phi) is 3.42. The quantitative estimate of drug-likeness (QED) is 0.362. The van der Waals surface area contributed by atoms with Gasteiger partial charge in [0.05, 0.1) is 12.2 Å². The second-order valence-corrected chi connectivity index (χ2v) is 2.98. The molecule has 1 saturated heterocycles. The van der Waals surface area contributed by atoms with Crippen LogP contribution < -0.4 is 5.32 Å². The van der Waals surface area contributed by atoms with Gasteiger partial charge in [-0.05, 0) is 0 Å². The summed E-state index contributed by atoms with van der Waals surface area (Å²) >= 11 is 0. The molecule has 0 unspecified atom stereocenters. The van der Waals surface area contributed by atoms with Crippen molar-refractivity contribution in [3.05, 3.63) is 0 Å². The molecule has 1 heterocycles. The number of nitrogens with one attached hydrogen (secondary N) is 1. The third kappa shape index (κ3) is 1.94. The third-order valence-corrected chi connectivity index (χ3v) is 2.13. The van der Waals surface area contributed by atoms with E-state index in [-0.39, 0.29) is 6.54 Å². The van der Waals surface area contributed by atoms with Crippen LogP contribution in [0, 0.1) is 0 Å². The van der Waals surface area contributed by atoms with E-state index in [2.05, 4.69) is 5.32 Å². The van der Waals surface area contributed by atoms with Crippen LogP contribution in [-0.4, -0.2) is 59.9 Å². The topological polar surface area (TPSA) is 82.0 Å². The zero-order valence-corrected chi connectivity index (χ0v) is 6.97. The number of hydrogen-bond acceptors (Lipinski definition) is 5. The summed E-state index contributed by atoms with van der Waals surface area (Å²) in [6.07, 6.45) is -3.55. The minimum absolute atomic E-state index is 0.276. The van der Waals surface area contributed by atoms with Gasteiger partial charge in [0.15, 0.2) is 0 Å². The zero-order valence-electron chi connectivity index (χ0n) is 6.97. The van der Waals surface area contributed by atoms with Crippen LogP contribution in [-0.2, 0) is 4.74 Å². The maximum Gasteiger partial charge on any atom is 0.110 e. The molecule has 12 heavy (non-hydrogen) atoms. The van der Waals surface area contributed by atoms with Crippen LogP contribution >= 0.6 is 0 Å². The van der Waals surface area contributed by atoms with Crippen LogP contribution in [0.15, 0.2) is 0 Å². The molecule has 1 aliphatic rings. The van der Waals surface area contributed by atoms with E-state index >= 15 is 0 Å². The third-order valence-electron chi connectivity index (χ3n) is 2.13. The molecule has 0 aromatic rings. The van der Waals surface area contributed by atoms with Crippen LogP contribution in [0.3, 0.4) is 0 Å². The Morgan fingerprint density at radius 2 is 1.83 bits per heavy atom. The van der Waals surface area contributed by atoms with E-state index < -0.39 is 24.4 Å². The van der Waals surface area contributed by atoms with Gasteiger partial charge in [0.25, 0.3) is 0 Å². The number of hydrogen-bond donors (Lipinski definition) is 4. The van der Waals surface area contributed by atoms with Gasteiger partial charge in [0.1, 0.15) is 12.2 Å². The summed E-state index contributed by atoms with van der Waals surface area (Å²) in [6.45, 7) is 0.712. The molecule has 0 radical (unpaired) electrons. The highest BCUT2D eigenvalue weighted by Crippen LogP contribution is 2.09. The number of aliphatic hydroxyl groups is 3. The lowest BCUT2D eigenvalue weighted by molar-refractivity contribution is -0.0991. The van der Waals surface area contributed by atoms with E-state index in [1.54, 1.807) is 0 Å². The first-order valence-corrected chi connectivity index (χ1v) is 3.94. The number of rotatable bonds is 1. The average molecular weight is 177 g/mol. The summed E-state index contributed by atoms with van der Waals surface area (Å²) in [7, 11) is 1.46. The van der Waals surface area contributed by atoms with Gasteiger partial charge in [-0.3, -0.25) is 0 Å². The lowest BCUT2D eigenvalue weighted by atomic mass is 10.1. The molecule has 0 aromatic heterocycles. The maximum absolute atomic E-state index is 9.41. The SMILES string of the molecule is CO[C@H]1CNC[C@@H](O)[C@H](O)[C@H]1O. The second-order valence-electron chi connectivity index (χ2n) is 2.98. The molecule has 0 spiro atoms. The van der Waals surface area contributed by atoms with Crippen molar-refractivity contribution < 1.29 is 20.1 Å². The average Bonchev–Trinajstić information content (AvgIpc) is 2.19. The highest BCUT2D eigenvalue weighted by molar-refractivity contribution is 4.87. The Morgan fingerprint density at radius 1 is 1.17 bits per heavy atom. The van der Waals surface area contributed by atoms with E-state index in [9.17, 15) is 15.3 Å². The monoisotopic (exact) mass is 177 g/mol. The zero-order chi connectivity index (χ0) is 9.14. The largest absolute Gasteiger partial charge is 0.389 e. The van der Waals surface area contributed by atoms with Gasteiger partial charge >= 0.3 is 0 Å². The Labute approximate surface area is 71.0 Å². The van der Waals surface area contributed by atoms with Crippen molar-refractivity contribution in [2.45, 2.75) is 24.4 Å². The first-order chi connectivity index (χ1) is 5.66. The van der Waals surface area contributed by atoms with Crippen molar-refractivity contribution in [2.24, 2.45) is 0 Å². The minimum atomic E-state index is -1.13. The van der Waals surface area contributed by atoms with Gasteiger partial charge in [0.2, 0.25) is 0 Å². The maximum atomic E-state index is 9.41. The number of β-amino-alcohol motifs (C(OH)–C–C–N with tert-alkyl or cyclic N) is 1. The fourth-order valence-electron chi connectivity index (χ4n) is 1.29. The fraction of sp³-hybridized carbons (Fsp3) is 1.00. The normalized spacial score (nSPS) is 44.0. The summed E-state index contributed by atoms with van der Waals surface area (Å²) < 4.78 is 4.92. The highest BCUT2D eigenvalue weighted by atomic mass is 16.5. The predicted molar refractivity (Wildman–Crippen MR) is 41.7 cm³/mol. The molecular weight excluding hydrogens is 162 g/mol. The molecular formula is C7H15NO4. The van der Waals surface area contributed by atoms with Crippen molar-refractivity contribution in [1.29, 1.82) is 0 Å². The molecule has 1 fully saturated rings. The van der Waals surface area contributed by atoms with Gasteiger partial charge in [-0.2, -0.15) is 0 Å². The molecule has 4 atom stereocenters. The first kappa shape index (κ1) is 9.88. The van der Waals surface area contributed by atoms with E-state index in [4.69, 9.17) is 4.74 Å². The van der Waals surface area contributed by atoms with Gasteiger partial charge in [-0.15, -0.1) is 0 Å². The Hall–Kier alpha value is -0.200. The molecule has 0 saturated carbocycles. The predicted octanol–water partition coefficient (Wildman–Crippen LogP) is -2.31. The van der Waals surface area contributed by atoms with E-state index in [0.29, 0.717) is 6.54 Å². The molecule has 1 rings (SSSR count). The molecule has 0 aliphatic carbocycles. The number of aliphatic hydroxyl groups excluding tert-OH is 3. The van der Waals surface area contributed by atoms with Gasteiger partial charge in [-0.25, -0.2) is 0 Å². The number of methoxy groups -OCH3 is 1. The Morgan fingerprint density at radius 3 is 2.42 bits per heavy atom. The van der Waals surface area contributed by atoms with Crippen molar-refractivity contribution >= 4 is 0 Å². The van der Waals surface area contributed by atoms with Crippen LogP contribution in [0.1, 0.15) is 0 Å². The standard InChI is InChI=1S/C7H15NO4/c1-12-5-3-8-2-4(9)6(10)7(5)11/h4-11H,2-3H2,1H3/t4-,5+,6+,7+/m1/s1. The van der Waals surface area contributed by atoms with Gasteiger partial charge in [0, 0.05) is 20.2 Å². The molecule has 72 valence electrons. The second kappa shape index (κ2) is 4.15. The van der Waals surface area contributed by atoms with E-state index in [1.807, 2.05) is 0 Å². The smallest absolute Gasteiger partial charge is 0.110 e. The molecule has 1 aliphatic heterocycles. The van der Waals surface area contributed by atoms with Crippen LogP contribution in [0.5, 0.6) is 0 Å². The van der Waals surface area contributed by atoms with E-state index in [1.165, 1.54) is 7.11 Å². The van der Waals surface area contributed by atoms with Crippen molar-refractivity contribution in [1.82, 2.24) is 5.32 Å². The van der Waals surface area contributed by atoms with Crippen LogP contribution in [0.2, 0.25) is 0 Å².